The van der Waals surface area contributed by atoms with Gasteiger partial charge in [0.05, 0.1) is 13.0 Å². The highest BCUT2D eigenvalue weighted by molar-refractivity contribution is 5.83. The number of aliphatic carboxylic acids is 1. The van der Waals surface area contributed by atoms with Gasteiger partial charge in [-0.25, -0.2) is 0 Å². The molecule has 0 heterocycles. The summed E-state index contributed by atoms with van der Waals surface area (Å²) in [6, 6.07) is 5.83. The molecule has 0 radical (unpaired) electrons. The summed E-state index contributed by atoms with van der Waals surface area (Å²) in [6.07, 6.45) is 0.206. The van der Waals surface area contributed by atoms with Gasteiger partial charge in [0.2, 0.25) is 5.91 Å². The maximum absolute atomic E-state index is 12.2. The molecule has 0 aromatic heterocycles. The molecule has 1 rings (SSSR count). The molecule has 110 valence electrons. The van der Waals surface area contributed by atoms with Crippen molar-refractivity contribution in [3.63, 3.8) is 0 Å². The number of aryl methyl sites for hydroxylation is 2. The molecule has 0 unspecified atom stereocenters. The van der Waals surface area contributed by atoms with Crippen LogP contribution in [-0.4, -0.2) is 48.7 Å². The normalized spacial score (nSPS) is 10.3. The minimum absolute atomic E-state index is 0.201. The highest BCUT2D eigenvalue weighted by Gasteiger charge is 2.17. The van der Waals surface area contributed by atoms with E-state index in [1.165, 1.54) is 17.6 Å². The van der Waals surface area contributed by atoms with Gasteiger partial charge in [0.1, 0.15) is 6.54 Å². The zero-order chi connectivity index (χ0) is 15.1. The molecule has 5 heteroatoms. The Morgan fingerprint density at radius 3 is 2.50 bits per heavy atom. The fourth-order valence-corrected chi connectivity index (χ4v) is 1.86. The lowest BCUT2D eigenvalue weighted by Gasteiger charge is -2.20. The smallest absolute Gasteiger partial charge is 0.323 e. The standard InChI is InChI=1S/C15H21NO4/c1-11-4-5-13(8-12(11)2)9-14(17)16(6-7-20-3)10-15(18)19/h4-5,8H,6-7,9-10H2,1-3H3,(H,18,19). The van der Waals surface area contributed by atoms with Crippen LogP contribution in [0, 0.1) is 13.8 Å². The Balaban J connectivity index is 2.73. The highest BCUT2D eigenvalue weighted by Crippen LogP contribution is 2.11. The SMILES string of the molecule is COCCN(CC(=O)O)C(=O)Cc1ccc(C)c(C)c1. The molecular weight excluding hydrogens is 258 g/mol. The maximum atomic E-state index is 12.2. The van der Waals surface area contributed by atoms with Crippen LogP contribution in [0.15, 0.2) is 18.2 Å². The molecule has 1 N–H and O–H groups in total. The van der Waals surface area contributed by atoms with Crippen LogP contribution in [0.5, 0.6) is 0 Å². The summed E-state index contributed by atoms with van der Waals surface area (Å²) in [5.41, 5.74) is 3.19. The summed E-state index contributed by atoms with van der Waals surface area (Å²) in [6.45, 7) is 4.31. The first-order valence-electron chi connectivity index (χ1n) is 6.48. The van der Waals surface area contributed by atoms with Crippen molar-refractivity contribution in [2.24, 2.45) is 0 Å². The molecular formula is C15H21NO4. The number of amides is 1. The fourth-order valence-electron chi connectivity index (χ4n) is 1.86. The predicted octanol–water partition coefficient (Wildman–Crippen LogP) is 1.41. The third-order valence-electron chi connectivity index (χ3n) is 3.17. The lowest BCUT2D eigenvalue weighted by Crippen LogP contribution is -2.38. The van der Waals surface area contributed by atoms with E-state index in [1.807, 2.05) is 32.0 Å². The summed E-state index contributed by atoms with van der Waals surface area (Å²) < 4.78 is 4.90. The molecule has 1 amide bonds. The number of hydrogen-bond donors (Lipinski definition) is 1. The first-order valence-corrected chi connectivity index (χ1v) is 6.48. The van der Waals surface area contributed by atoms with Gasteiger partial charge in [-0.1, -0.05) is 18.2 Å². The first kappa shape index (κ1) is 16.2. The lowest BCUT2D eigenvalue weighted by atomic mass is 10.0. The van der Waals surface area contributed by atoms with E-state index >= 15 is 0 Å². The molecule has 0 aliphatic heterocycles. The van der Waals surface area contributed by atoms with Gasteiger partial charge in [-0.05, 0) is 30.5 Å². The summed E-state index contributed by atoms with van der Waals surface area (Å²) in [4.78, 5) is 24.3. The van der Waals surface area contributed by atoms with Crippen LogP contribution in [0.4, 0.5) is 0 Å². The van der Waals surface area contributed by atoms with Crippen molar-refractivity contribution in [3.8, 4) is 0 Å². The van der Waals surface area contributed by atoms with E-state index in [9.17, 15) is 9.59 Å². The average Bonchev–Trinajstić information content (AvgIpc) is 2.38. The van der Waals surface area contributed by atoms with Gasteiger partial charge in [0.25, 0.3) is 0 Å². The van der Waals surface area contributed by atoms with Crippen LogP contribution < -0.4 is 0 Å². The van der Waals surface area contributed by atoms with Crippen LogP contribution in [0.2, 0.25) is 0 Å². The Kier molecular flexibility index (Phi) is 6.18. The van der Waals surface area contributed by atoms with Crippen LogP contribution in [0.25, 0.3) is 0 Å². The number of carboxylic acids is 1. The number of rotatable bonds is 7. The summed E-state index contributed by atoms with van der Waals surface area (Å²) in [5, 5.41) is 8.84. The zero-order valence-electron chi connectivity index (χ0n) is 12.2. The number of hydrogen-bond acceptors (Lipinski definition) is 3. The predicted molar refractivity (Wildman–Crippen MR) is 75.7 cm³/mol. The number of ether oxygens (including phenoxy) is 1. The Labute approximate surface area is 119 Å². The number of carboxylic acid groups (broad SMARTS) is 1. The van der Waals surface area contributed by atoms with Crippen LogP contribution >= 0.6 is 0 Å². The van der Waals surface area contributed by atoms with Gasteiger partial charge in [0, 0.05) is 13.7 Å². The minimum Gasteiger partial charge on any atom is -0.480 e. The lowest BCUT2D eigenvalue weighted by molar-refractivity contribution is -0.144. The van der Waals surface area contributed by atoms with Crippen molar-refractivity contribution < 1.29 is 19.4 Å². The van der Waals surface area contributed by atoms with Crippen LogP contribution in [-0.2, 0) is 20.7 Å². The molecule has 20 heavy (non-hydrogen) atoms. The quantitative estimate of drug-likeness (QED) is 0.819. The van der Waals surface area contributed by atoms with Gasteiger partial charge < -0.3 is 14.7 Å². The van der Waals surface area contributed by atoms with Gasteiger partial charge in [-0.3, -0.25) is 9.59 Å². The topological polar surface area (TPSA) is 66.8 Å². The second-order valence-electron chi connectivity index (χ2n) is 4.80. The molecule has 1 aromatic rings. The van der Waals surface area contributed by atoms with E-state index in [-0.39, 0.29) is 25.4 Å². The highest BCUT2D eigenvalue weighted by atomic mass is 16.5. The number of nitrogens with zero attached hydrogens (tertiary/aromatic N) is 1. The van der Waals surface area contributed by atoms with Gasteiger partial charge in [-0.2, -0.15) is 0 Å². The van der Waals surface area contributed by atoms with Crippen LogP contribution in [0.1, 0.15) is 16.7 Å². The molecule has 0 aliphatic carbocycles. The molecule has 0 saturated carbocycles. The Morgan fingerprint density at radius 1 is 1.25 bits per heavy atom. The van der Waals surface area contributed by atoms with Crippen molar-refractivity contribution >= 4 is 11.9 Å². The van der Waals surface area contributed by atoms with E-state index in [1.54, 1.807) is 0 Å². The molecule has 5 nitrogen and oxygen atoms in total. The largest absolute Gasteiger partial charge is 0.480 e. The second-order valence-corrected chi connectivity index (χ2v) is 4.80. The number of carbonyl (C=O) groups is 2. The Bertz CT molecular complexity index is 485. The van der Waals surface area contributed by atoms with E-state index in [0.29, 0.717) is 6.61 Å². The summed E-state index contributed by atoms with van der Waals surface area (Å²) in [7, 11) is 1.52. The van der Waals surface area contributed by atoms with Gasteiger partial charge in [0.15, 0.2) is 0 Å². The minimum atomic E-state index is -1.02. The molecule has 0 aliphatic rings. The fraction of sp³-hybridized carbons (Fsp3) is 0.467. The first-order chi connectivity index (χ1) is 9.43. The van der Waals surface area contributed by atoms with Crippen molar-refractivity contribution in [1.29, 1.82) is 0 Å². The molecule has 0 saturated heterocycles. The average molecular weight is 279 g/mol. The molecule has 0 fully saturated rings. The Morgan fingerprint density at radius 2 is 1.95 bits per heavy atom. The van der Waals surface area contributed by atoms with Crippen molar-refractivity contribution in [3.05, 3.63) is 34.9 Å². The monoisotopic (exact) mass is 279 g/mol. The number of benzene rings is 1. The second kappa shape index (κ2) is 7.65. The van der Waals surface area contributed by atoms with Crippen molar-refractivity contribution in [2.75, 3.05) is 26.8 Å². The number of methoxy groups -OCH3 is 1. The summed E-state index contributed by atoms with van der Waals surface area (Å²) in [5.74, 6) is -1.22. The third-order valence-corrected chi connectivity index (χ3v) is 3.17. The zero-order valence-corrected chi connectivity index (χ0v) is 12.2. The van der Waals surface area contributed by atoms with E-state index < -0.39 is 5.97 Å². The van der Waals surface area contributed by atoms with Crippen LogP contribution in [0.3, 0.4) is 0 Å². The molecule has 0 atom stereocenters. The van der Waals surface area contributed by atoms with E-state index in [0.717, 1.165) is 11.1 Å². The molecule has 0 bridgehead atoms. The van der Waals surface area contributed by atoms with Crippen molar-refractivity contribution in [2.45, 2.75) is 20.3 Å². The molecule has 0 spiro atoms. The van der Waals surface area contributed by atoms with Gasteiger partial charge in [-0.15, -0.1) is 0 Å². The molecule has 1 aromatic carbocycles. The maximum Gasteiger partial charge on any atom is 0.323 e. The number of carbonyl (C=O) groups excluding carboxylic acids is 1. The van der Waals surface area contributed by atoms with E-state index in [2.05, 4.69) is 0 Å². The summed E-state index contributed by atoms with van der Waals surface area (Å²) >= 11 is 0. The van der Waals surface area contributed by atoms with Gasteiger partial charge >= 0.3 is 5.97 Å². The third kappa shape index (κ3) is 5.01. The van der Waals surface area contributed by atoms with Crippen molar-refractivity contribution in [1.82, 2.24) is 4.90 Å². The van der Waals surface area contributed by atoms with E-state index in [4.69, 9.17) is 9.84 Å². The Hall–Kier alpha value is -1.88.